The summed E-state index contributed by atoms with van der Waals surface area (Å²) in [6.07, 6.45) is 4.53. The maximum Gasteiger partial charge on any atom is 0.335 e. The van der Waals surface area contributed by atoms with E-state index in [0.717, 1.165) is 65.7 Å². The second-order valence-corrected chi connectivity index (χ2v) is 10.5. The molecule has 38 heavy (non-hydrogen) atoms. The third kappa shape index (κ3) is 6.49. The number of hydrogen-bond donors (Lipinski definition) is 3. The number of nitrogens with zero attached hydrogens (tertiary/aromatic N) is 1. The summed E-state index contributed by atoms with van der Waals surface area (Å²) in [4.78, 5) is 48.0. The van der Waals surface area contributed by atoms with E-state index in [2.05, 4.69) is 21.1 Å². The first-order valence-corrected chi connectivity index (χ1v) is 13.4. The van der Waals surface area contributed by atoms with E-state index in [1.165, 1.54) is 0 Å². The average Bonchev–Trinajstić information content (AvgIpc) is 3.33. The molecule has 1 heterocycles. The Morgan fingerprint density at radius 1 is 0.947 bits per heavy atom. The van der Waals surface area contributed by atoms with E-state index < -0.39 is 17.9 Å². The van der Waals surface area contributed by atoms with Gasteiger partial charge in [0.15, 0.2) is 5.69 Å². The Morgan fingerprint density at radius 2 is 1.61 bits per heavy atom. The molecular weight excluding hydrogens is 504 g/mol. The van der Waals surface area contributed by atoms with Crippen molar-refractivity contribution in [2.45, 2.75) is 52.9 Å². The standard InChI is InChI=1S/C28H32N4O5S/c1-16-14-17(2)22(18(3)15-16)30-28(35)31-26-23(24(33)32-37-27(34)20-8-6-5-7-9-20)29-25(38-26)19-10-12-21(36-4)13-11-19/h10-15,20H,5-9H2,1-4H3,(H,32,33)(H2,30,31,35). The molecule has 3 amide bonds. The predicted octanol–water partition coefficient (Wildman–Crippen LogP) is 6.16. The van der Waals surface area contributed by atoms with Crippen molar-refractivity contribution in [2.24, 2.45) is 5.92 Å². The number of amides is 3. The molecule has 1 aliphatic carbocycles. The Morgan fingerprint density at radius 3 is 2.24 bits per heavy atom. The van der Waals surface area contributed by atoms with Crippen LogP contribution in [0.25, 0.3) is 10.6 Å². The van der Waals surface area contributed by atoms with Gasteiger partial charge in [-0.05, 0) is 69.0 Å². The van der Waals surface area contributed by atoms with Gasteiger partial charge in [-0.25, -0.2) is 14.6 Å². The number of ether oxygens (including phenoxy) is 1. The van der Waals surface area contributed by atoms with Crippen LogP contribution in [0, 0.1) is 26.7 Å². The molecule has 10 heteroatoms. The fraction of sp³-hybridized carbons (Fsp3) is 0.357. The minimum atomic E-state index is -0.719. The van der Waals surface area contributed by atoms with Crippen molar-refractivity contribution < 1.29 is 24.0 Å². The van der Waals surface area contributed by atoms with Crippen LogP contribution >= 0.6 is 11.3 Å². The molecule has 4 rings (SSSR count). The van der Waals surface area contributed by atoms with Crippen molar-refractivity contribution in [1.82, 2.24) is 10.5 Å². The molecule has 1 saturated carbocycles. The first kappa shape index (κ1) is 27.1. The summed E-state index contributed by atoms with van der Waals surface area (Å²) in [7, 11) is 1.58. The van der Waals surface area contributed by atoms with Gasteiger partial charge in [0.25, 0.3) is 0 Å². The summed E-state index contributed by atoms with van der Waals surface area (Å²) >= 11 is 1.14. The quantitative estimate of drug-likeness (QED) is 0.325. The lowest BCUT2D eigenvalue weighted by Crippen LogP contribution is -2.32. The molecular formula is C28H32N4O5S. The van der Waals surface area contributed by atoms with E-state index in [1.807, 2.05) is 45.0 Å². The smallest absolute Gasteiger partial charge is 0.335 e. The van der Waals surface area contributed by atoms with Crippen molar-refractivity contribution in [1.29, 1.82) is 0 Å². The summed E-state index contributed by atoms with van der Waals surface area (Å²) in [5.41, 5.74) is 6.56. The van der Waals surface area contributed by atoms with Gasteiger partial charge < -0.3 is 14.9 Å². The van der Waals surface area contributed by atoms with Gasteiger partial charge in [-0.1, -0.05) is 48.3 Å². The summed E-state index contributed by atoms with van der Waals surface area (Å²) in [5.74, 6) is -0.720. The predicted molar refractivity (Wildman–Crippen MR) is 148 cm³/mol. The molecule has 0 radical (unpaired) electrons. The van der Waals surface area contributed by atoms with E-state index in [0.29, 0.717) is 16.4 Å². The zero-order valence-electron chi connectivity index (χ0n) is 22.0. The minimum absolute atomic E-state index is 0.0511. The molecule has 2 aromatic carbocycles. The van der Waals surface area contributed by atoms with Crippen LogP contribution in [0.5, 0.6) is 5.75 Å². The Hall–Kier alpha value is -3.92. The number of hydrogen-bond acceptors (Lipinski definition) is 7. The van der Waals surface area contributed by atoms with E-state index in [-0.39, 0.29) is 16.6 Å². The molecule has 0 bridgehead atoms. The maximum atomic E-state index is 13.0. The number of carbonyl (C=O) groups excluding carboxylic acids is 3. The van der Waals surface area contributed by atoms with Crippen molar-refractivity contribution in [3.8, 4) is 16.3 Å². The first-order valence-electron chi connectivity index (χ1n) is 12.6. The maximum absolute atomic E-state index is 13.0. The van der Waals surface area contributed by atoms with Crippen molar-refractivity contribution >= 4 is 39.9 Å². The molecule has 0 spiro atoms. The summed E-state index contributed by atoms with van der Waals surface area (Å²) in [6.45, 7) is 5.83. The third-order valence-electron chi connectivity index (χ3n) is 6.50. The monoisotopic (exact) mass is 536 g/mol. The summed E-state index contributed by atoms with van der Waals surface area (Å²) in [6, 6.07) is 10.6. The third-order valence-corrected chi connectivity index (χ3v) is 7.52. The molecule has 0 atom stereocenters. The highest BCUT2D eigenvalue weighted by Crippen LogP contribution is 2.34. The number of hydroxylamine groups is 1. The molecule has 0 aliphatic heterocycles. The second kappa shape index (κ2) is 12.1. The van der Waals surface area contributed by atoms with Crippen molar-refractivity contribution in [3.63, 3.8) is 0 Å². The SMILES string of the molecule is COc1ccc(-c2nc(C(=O)NOC(=O)C3CCCCC3)c(NC(=O)Nc3c(C)cc(C)cc3C)s2)cc1. The van der Waals surface area contributed by atoms with Gasteiger partial charge in [-0.15, -0.1) is 0 Å². The van der Waals surface area contributed by atoms with Crippen molar-refractivity contribution in [2.75, 3.05) is 17.7 Å². The van der Waals surface area contributed by atoms with Crippen LogP contribution in [0.2, 0.25) is 0 Å². The Balaban J connectivity index is 1.55. The van der Waals surface area contributed by atoms with Gasteiger partial charge in [-0.2, -0.15) is 5.48 Å². The van der Waals surface area contributed by atoms with E-state index in [9.17, 15) is 14.4 Å². The fourth-order valence-electron chi connectivity index (χ4n) is 4.61. The van der Waals surface area contributed by atoms with Crippen LogP contribution < -0.4 is 20.9 Å². The number of methoxy groups -OCH3 is 1. The lowest BCUT2D eigenvalue weighted by atomic mass is 9.89. The van der Waals surface area contributed by atoms with E-state index in [4.69, 9.17) is 9.57 Å². The molecule has 0 unspecified atom stereocenters. The lowest BCUT2D eigenvalue weighted by Gasteiger charge is -2.19. The van der Waals surface area contributed by atoms with Crippen molar-refractivity contribution in [3.05, 3.63) is 58.8 Å². The molecule has 3 aromatic rings. The van der Waals surface area contributed by atoms with Gasteiger partial charge in [0.1, 0.15) is 15.8 Å². The van der Waals surface area contributed by atoms with Gasteiger partial charge in [0.05, 0.1) is 13.0 Å². The lowest BCUT2D eigenvalue weighted by molar-refractivity contribution is -0.155. The highest BCUT2D eigenvalue weighted by atomic mass is 32.1. The summed E-state index contributed by atoms with van der Waals surface area (Å²) < 4.78 is 5.22. The van der Waals surface area contributed by atoms with Gasteiger partial charge in [0, 0.05) is 11.3 Å². The molecule has 9 nitrogen and oxygen atoms in total. The number of urea groups is 1. The molecule has 200 valence electrons. The van der Waals surface area contributed by atoms with Crippen LogP contribution in [-0.4, -0.2) is 30.0 Å². The van der Waals surface area contributed by atoms with Crippen LogP contribution in [0.15, 0.2) is 36.4 Å². The number of carbonyl (C=O) groups is 3. The van der Waals surface area contributed by atoms with Gasteiger partial charge in [0.2, 0.25) is 0 Å². The zero-order valence-corrected chi connectivity index (χ0v) is 22.8. The first-order chi connectivity index (χ1) is 18.2. The number of aromatic nitrogens is 1. The number of aryl methyl sites for hydroxylation is 3. The highest BCUT2D eigenvalue weighted by molar-refractivity contribution is 7.19. The second-order valence-electron chi connectivity index (χ2n) is 9.47. The van der Waals surface area contributed by atoms with Crippen LogP contribution in [0.1, 0.15) is 59.3 Å². The zero-order chi connectivity index (χ0) is 27.2. The Kier molecular flexibility index (Phi) is 8.62. The normalized spacial score (nSPS) is 13.5. The number of thiazole rings is 1. The van der Waals surface area contributed by atoms with Crippen LogP contribution in [0.3, 0.4) is 0 Å². The van der Waals surface area contributed by atoms with E-state index >= 15 is 0 Å². The number of benzene rings is 2. The molecule has 1 aromatic heterocycles. The van der Waals surface area contributed by atoms with Gasteiger partial charge >= 0.3 is 17.9 Å². The highest BCUT2D eigenvalue weighted by Gasteiger charge is 2.26. The van der Waals surface area contributed by atoms with Crippen LogP contribution in [-0.2, 0) is 9.63 Å². The Labute approximate surface area is 225 Å². The molecule has 1 aliphatic rings. The fourth-order valence-corrected chi connectivity index (χ4v) is 5.57. The van der Waals surface area contributed by atoms with Gasteiger partial charge in [-0.3, -0.25) is 10.1 Å². The topological polar surface area (TPSA) is 119 Å². The number of nitrogens with one attached hydrogen (secondary N) is 3. The average molecular weight is 537 g/mol. The largest absolute Gasteiger partial charge is 0.497 e. The van der Waals surface area contributed by atoms with Crippen LogP contribution in [0.4, 0.5) is 15.5 Å². The number of anilines is 2. The van der Waals surface area contributed by atoms with E-state index in [1.54, 1.807) is 19.2 Å². The summed E-state index contributed by atoms with van der Waals surface area (Å²) in [5, 5.41) is 6.36. The molecule has 0 saturated heterocycles. The molecule has 3 N–H and O–H groups in total. The molecule has 1 fully saturated rings. The Bertz CT molecular complexity index is 1310. The number of rotatable bonds is 6. The minimum Gasteiger partial charge on any atom is -0.497 e.